The average molecular weight is 486 g/mol. The van der Waals surface area contributed by atoms with E-state index >= 15 is 0 Å². The molecule has 0 aliphatic carbocycles. The first-order valence-electron chi connectivity index (χ1n) is 8.75. The molecule has 3 nitrogen and oxygen atoms in total. The summed E-state index contributed by atoms with van der Waals surface area (Å²) in [6.07, 6.45) is 0. The normalized spacial score (nSPS) is 19.6. The summed E-state index contributed by atoms with van der Waals surface area (Å²) in [4.78, 5) is 17.3. The molecule has 0 saturated carbocycles. The van der Waals surface area contributed by atoms with E-state index in [1.165, 1.54) is 0 Å². The number of amides is 2. The topological polar surface area (TPSA) is 23.6 Å². The van der Waals surface area contributed by atoms with Gasteiger partial charge in [0.1, 0.15) is 0 Å². The van der Waals surface area contributed by atoms with Gasteiger partial charge in [0, 0.05) is 20.3 Å². The second kappa shape index (κ2) is 7.49. The molecule has 0 unspecified atom stereocenters. The number of halogens is 2. The number of urea groups is 1. The fraction of sp³-hybridized carbons (Fsp3) is 0.136. The zero-order valence-electron chi connectivity index (χ0n) is 14.7. The van der Waals surface area contributed by atoms with Crippen molar-refractivity contribution < 1.29 is 4.79 Å². The van der Waals surface area contributed by atoms with E-state index in [-0.39, 0.29) is 18.1 Å². The maximum Gasteiger partial charge on any atom is 0.329 e. The zero-order valence-corrected chi connectivity index (χ0v) is 17.9. The van der Waals surface area contributed by atoms with Crippen molar-refractivity contribution in [1.29, 1.82) is 0 Å². The van der Waals surface area contributed by atoms with Crippen LogP contribution >= 0.6 is 31.9 Å². The lowest BCUT2D eigenvalue weighted by Crippen LogP contribution is -2.33. The van der Waals surface area contributed by atoms with E-state index in [9.17, 15) is 4.79 Å². The van der Waals surface area contributed by atoms with Crippen LogP contribution in [0.2, 0.25) is 0 Å². The van der Waals surface area contributed by atoms with Crippen molar-refractivity contribution in [2.45, 2.75) is 19.0 Å². The molecule has 4 rings (SSSR count). The van der Waals surface area contributed by atoms with Gasteiger partial charge in [-0.3, -0.25) is 9.80 Å². The molecule has 0 bridgehead atoms. The van der Waals surface area contributed by atoms with E-state index in [0.717, 1.165) is 25.9 Å². The number of anilines is 2. The lowest BCUT2D eigenvalue weighted by molar-refractivity contribution is 0.255. The van der Waals surface area contributed by atoms with Gasteiger partial charge < -0.3 is 0 Å². The molecule has 136 valence electrons. The molecule has 1 saturated heterocycles. The van der Waals surface area contributed by atoms with Crippen LogP contribution in [0.5, 0.6) is 0 Å². The summed E-state index contributed by atoms with van der Waals surface area (Å²) >= 11 is 6.95. The first-order chi connectivity index (χ1) is 13.1. The van der Waals surface area contributed by atoms with E-state index in [0.29, 0.717) is 0 Å². The number of benzene rings is 3. The van der Waals surface area contributed by atoms with Crippen LogP contribution in [-0.4, -0.2) is 12.1 Å². The monoisotopic (exact) mass is 484 g/mol. The van der Waals surface area contributed by atoms with E-state index in [1.807, 2.05) is 76.5 Å². The first kappa shape index (κ1) is 18.3. The quantitative estimate of drug-likeness (QED) is 0.400. The van der Waals surface area contributed by atoms with E-state index in [1.54, 1.807) is 0 Å². The summed E-state index contributed by atoms with van der Waals surface area (Å²) in [6.45, 7) is 2.11. The standard InChI is InChI=1S/C22H18Br2N2O/c1-15-21(16-5-3-2-4-6-16)26(20-13-9-18(24)10-14-20)22(27)25(15)19-11-7-17(23)8-12-19/h2-15,21H,1H3/t15-,21+/m0/s1. The van der Waals surface area contributed by atoms with Crippen molar-refractivity contribution >= 4 is 49.3 Å². The van der Waals surface area contributed by atoms with Crippen molar-refractivity contribution in [3.8, 4) is 0 Å². The Kier molecular flexibility index (Phi) is 5.06. The third-order valence-electron chi connectivity index (χ3n) is 4.91. The van der Waals surface area contributed by atoms with Crippen LogP contribution in [0.1, 0.15) is 18.5 Å². The summed E-state index contributed by atoms with van der Waals surface area (Å²) in [5.74, 6) is 0. The highest BCUT2D eigenvalue weighted by molar-refractivity contribution is 9.10. The molecule has 1 heterocycles. The Morgan fingerprint density at radius 2 is 1.19 bits per heavy atom. The largest absolute Gasteiger partial charge is 0.329 e. The zero-order chi connectivity index (χ0) is 19.0. The number of nitrogens with zero attached hydrogens (tertiary/aromatic N) is 2. The SMILES string of the molecule is C[C@H]1[C@H](c2ccccc2)N(c2ccc(Br)cc2)C(=O)N1c1ccc(Br)cc1. The Bertz CT molecular complexity index is 942. The van der Waals surface area contributed by atoms with Gasteiger partial charge in [0.2, 0.25) is 0 Å². The minimum atomic E-state index is -0.0662. The van der Waals surface area contributed by atoms with Crippen molar-refractivity contribution in [1.82, 2.24) is 0 Å². The second-order valence-corrected chi connectivity index (χ2v) is 8.40. The average Bonchev–Trinajstić information content (AvgIpc) is 2.94. The molecule has 5 heteroatoms. The van der Waals surface area contributed by atoms with Crippen LogP contribution in [0, 0.1) is 0 Å². The smallest absolute Gasteiger partial charge is 0.289 e. The van der Waals surface area contributed by atoms with Crippen LogP contribution in [-0.2, 0) is 0 Å². The van der Waals surface area contributed by atoms with Crippen molar-refractivity contribution in [2.24, 2.45) is 0 Å². The highest BCUT2D eigenvalue weighted by Gasteiger charge is 2.45. The van der Waals surface area contributed by atoms with Gasteiger partial charge in [0.05, 0.1) is 12.1 Å². The third kappa shape index (κ3) is 3.42. The summed E-state index contributed by atoms with van der Waals surface area (Å²) < 4.78 is 1.99. The van der Waals surface area contributed by atoms with Crippen LogP contribution in [0.25, 0.3) is 0 Å². The molecule has 1 fully saturated rings. The summed E-state index contributed by atoms with van der Waals surface area (Å²) in [6, 6.07) is 25.9. The number of hydrogen-bond donors (Lipinski definition) is 0. The van der Waals surface area contributed by atoms with Crippen molar-refractivity contribution in [2.75, 3.05) is 9.80 Å². The van der Waals surface area contributed by atoms with Gasteiger partial charge in [-0.05, 0) is 61.0 Å². The van der Waals surface area contributed by atoms with Gasteiger partial charge in [0.25, 0.3) is 0 Å². The molecule has 3 aromatic carbocycles. The van der Waals surface area contributed by atoms with Gasteiger partial charge in [-0.2, -0.15) is 0 Å². The number of rotatable bonds is 3. The summed E-state index contributed by atoms with van der Waals surface area (Å²) in [5.41, 5.74) is 2.92. The van der Waals surface area contributed by atoms with E-state index < -0.39 is 0 Å². The Hall–Kier alpha value is -2.11. The Morgan fingerprint density at radius 1 is 0.704 bits per heavy atom. The third-order valence-corrected chi connectivity index (χ3v) is 5.96. The lowest BCUT2D eigenvalue weighted by atomic mass is 9.99. The van der Waals surface area contributed by atoms with Crippen LogP contribution in [0.4, 0.5) is 16.2 Å². The Balaban J connectivity index is 1.82. The molecule has 0 radical (unpaired) electrons. The van der Waals surface area contributed by atoms with Crippen LogP contribution in [0.15, 0.2) is 87.8 Å². The van der Waals surface area contributed by atoms with Crippen molar-refractivity contribution in [3.05, 3.63) is 93.4 Å². The maximum atomic E-state index is 13.5. The van der Waals surface area contributed by atoms with Gasteiger partial charge in [0.15, 0.2) is 0 Å². The summed E-state index contributed by atoms with van der Waals surface area (Å²) in [5, 5.41) is 0. The van der Waals surface area contributed by atoms with Gasteiger partial charge >= 0.3 is 6.03 Å². The van der Waals surface area contributed by atoms with Gasteiger partial charge in [-0.25, -0.2) is 4.79 Å². The van der Waals surface area contributed by atoms with Crippen molar-refractivity contribution in [3.63, 3.8) is 0 Å². The molecule has 1 aliphatic heterocycles. The van der Waals surface area contributed by atoms with E-state index in [2.05, 4.69) is 50.9 Å². The minimum absolute atomic E-state index is 0.00952. The summed E-state index contributed by atoms with van der Waals surface area (Å²) in [7, 11) is 0. The fourth-order valence-electron chi connectivity index (χ4n) is 3.66. The van der Waals surface area contributed by atoms with E-state index in [4.69, 9.17) is 0 Å². The predicted octanol–water partition coefficient (Wildman–Crippen LogP) is 6.79. The molecule has 3 aromatic rings. The highest BCUT2D eigenvalue weighted by Crippen LogP contribution is 2.41. The van der Waals surface area contributed by atoms with Gasteiger partial charge in [-0.15, -0.1) is 0 Å². The number of carbonyl (C=O) groups excluding carboxylic acids is 1. The lowest BCUT2D eigenvalue weighted by Gasteiger charge is -2.26. The maximum absolute atomic E-state index is 13.5. The predicted molar refractivity (Wildman–Crippen MR) is 117 cm³/mol. The second-order valence-electron chi connectivity index (χ2n) is 6.57. The minimum Gasteiger partial charge on any atom is -0.289 e. The van der Waals surface area contributed by atoms with Crippen LogP contribution < -0.4 is 9.80 Å². The first-order valence-corrected chi connectivity index (χ1v) is 10.3. The molecule has 27 heavy (non-hydrogen) atoms. The molecule has 2 atom stereocenters. The molecule has 2 amide bonds. The number of hydrogen-bond acceptors (Lipinski definition) is 1. The Labute approximate surface area is 175 Å². The molecule has 0 aromatic heterocycles. The number of carbonyl (C=O) groups is 1. The fourth-order valence-corrected chi connectivity index (χ4v) is 4.19. The molecular formula is C22H18Br2N2O. The van der Waals surface area contributed by atoms with Gasteiger partial charge in [-0.1, -0.05) is 62.2 Å². The Morgan fingerprint density at radius 3 is 1.70 bits per heavy atom. The van der Waals surface area contributed by atoms with Crippen LogP contribution in [0.3, 0.4) is 0 Å². The highest BCUT2D eigenvalue weighted by atomic mass is 79.9. The molecule has 1 aliphatic rings. The molecule has 0 spiro atoms. The molecular weight excluding hydrogens is 468 g/mol. The molecule has 0 N–H and O–H groups in total.